The quantitative estimate of drug-likeness (QED) is 0.597. The molecule has 3 aliphatic heterocycles. The molecule has 2 amide bonds. The Bertz CT molecular complexity index is 789. The number of likely N-dealkylation sites (N-methyl/N-ethyl adjacent to an activating group) is 1. The smallest absolute Gasteiger partial charge is 0.256 e. The van der Waals surface area contributed by atoms with E-state index in [0.717, 1.165) is 0 Å². The molecule has 1 aromatic rings. The van der Waals surface area contributed by atoms with Gasteiger partial charge in [0.1, 0.15) is 30.0 Å². The summed E-state index contributed by atoms with van der Waals surface area (Å²) in [6.07, 6.45) is -3.51. The van der Waals surface area contributed by atoms with Gasteiger partial charge in [0, 0.05) is 18.5 Å². The van der Waals surface area contributed by atoms with Crippen LogP contribution < -0.4 is 4.90 Å². The van der Waals surface area contributed by atoms with Gasteiger partial charge in [-0.3, -0.25) is 9.59 Å². The highest BCUT2D eigenvalue weighted by molar-refractivity contribution is 6.31. The molecule has 2 fully saturated rings. The summed E-state index contributed by atoms with van der Waals surface area (Å²) in [5.74, 6) is -0.700. The van der Waals surface area contributed by atoms with E-state index in [0.29, 0.717) is 16.3 Å². The number of hydrogen-bond acceptors (Lipinski definition) is 6. The minimum Gasteiger partial charge on any atom is -0.394 e. The fraction of sp³-hybridized carbons (Fsp3) is 0.529. The summed E-state index contributed by atoms with van der Waals surface area (Å²) in [6.45, 7) is -0.526. The Balaban J connectivity index is 1.76. The summed E-state index contributed by atoms with van der Waals surface area (Å²) in [6, 6.07) is 3.91. The van der Waals surface area contributed by atoms with Crippen LogP contribution in [0.2, 0.25) is 5.02 Å². The van der Waals surface area contributed by atoms with Crippen LogP contribution in [0.4, 0.5) is 5.69 Å². The van der Waals surface area contributed by atoms with Crippen LogP contribution in [0.5, 0.6) is 0 Å². The maximum absolute atomic E-state index is 13.1. The Morgan fingerprint density at radius 2 is 2.08 bits per heavy atom. The van der Waals surface area contributed by atoms with E-state index in [1.807, 2.05) is 0 Å². The first-order valence-electron chi connectivity index (χ1n) is 8.32. The molecule has 5 atom stereocenters. The van der Waals surface area contributed by atoms with Crippen LogP contribution in [-0.2, 0) is 9.53 Å². The number of benzene rings is 1. The third kappa shape index (κ3) is 2.30. The summed E-state index contributed by atoms with van der Waals surface area (Å²) in [4.78, 5) is 28.8. The molecule has 0 unspecified atom stereocenters. The maximum Gasteiger partial charge on any atom is 0.256 e. The molecular weight excluding hydrogens is 364 g/mol. The summed E-state index contributed by atoms with van der Waals surface area (Å²) in [7, 11) is 1.58. The first-order valence-corrected chi connectivity index (χ1v) is 8.70. The summed E-state index contributed by atoms with van der Waals surface area (Å²) in [5.41, 5.74) is -0.534. The molecule has 0 aromatic heterocycles. The Morgan fingerprint density at radius 1 is 1.35 bits per heavy atom. The second-order valence-corrected chi connectivity index (χ2v) is 7.49. The van der Waals surface area contributed by atoms with Crippen molar-refractivity contribution in [1.29, 1.82) is 0 Å². The van der Waals surface area contributed by atoms with Gasteiger partial charge in [-0.2, -0.15) is 0 Å². The lowest BCUT2D eigenvalue weighted by Crippen LogP contribution is -2.46. The van der Waals surface area contributed by atoms with Gasteiger partial charge in [-0.05, 0) is 18.2 Å². The average Bonchev–Trinajstić information content (AvgIpc) is 3.11. The first kappa shape index (κ1) is 17.7. The Labute approximate surface area is 154 Å². The van der Waals surface area contributed by atoms with Crippen LogP contribution in [0.1, 0.15) is 16.8 Å². The lowest BCUT2D eigenvalue weighted by Gasteiger charge is -2.27. The van der Waals surface area contributed by atoms with Crippen molar-refractivity contribution in [2.45, 2.75) is 36.4 Å². The maximum atomic E-state index is 13.1. The zero-order valence-electron chi connectivity index (χ0n) is 14.0. The molecule has 4 rings (SSSR count). The molecule has 8 nitrogen and oxygen atoms in total. The monoisotopic (exact) mass is 382 g/mol. The van der Waals surface area contributed by atoms with Gasteiger partial charge in [-0.25, -0.2) is 0 Å². The predicted octanol–water partition coefficient (Wildman–Crippen LogP) is -0.617. The van der Waals surface area contributed by atoms with Gasteiger partial charge in [0.2, 0.25) is 5.91 Å². The van der Waals surface area contributed by atoms with Crippen LogP contribution in [-0.4, -0.2) is 82.2 Å². The predicted molar refractivity (Wildman–Crippen MR) is 91.0 cm³/mol. The lowest BCUT2D eigenvalue weighted by molar-refractivity contribution is -0.122. The van der Waals surface area contributed by atoms with E-state index in [9.17, 15) is 24.9 Å². The molecule has 1 aromatic carbocycles. The van der Waals surface area contributed by atoms with Crippen LogP contribution in [0.15, 0.2) is 18.2 Å². The van der Waals surface area contributed by atoms with E-state index in [1.54, 1.807) is 19.2 Å². The standard InChI is InChI=1S/C17H19ClN2O6/c1-19-10-3-2-8(18)4-9(10)15(24)20-7-17(5-11(20)16(19)25)14(23)13(22)12(6-21)26-17/h2-4,11-14,21-23H,5-7H2,1H3/t11-,12-,13-,14+,17+/m1/s1. The molecule has 9 heteroatoms. The number of ether oxygens (including phenoxy) is 1. The third-order valence-corrected chi connectivity index (χ3v) is 5.82. The molecule has 0 radical (unpaired) electrons. The van der Waals surface area contributed by atoms with Gasteiger partial charge in [0.15, 0.2) is 0 Å². The number of hydrogen-bond donors (Lipinski definition) is 3. The second-order valence-electron chi connectivity index (χ2n) is 7.05. The molecule has 140 valence electrons. The topological polar surface area (TPSA) is 111 Å². The number of carbonyl (C=O) groups excluding carboxylic acids is 2. The van der Waals surface area contributed by atoms with E-state index in [-0.39, 0.29) is 24.8 Å². The molecule has 0 aliphatic carbocycles. The van der Waals surface area contributed by atoms with E-state index in [2.05, 4.69) is 0 Å². The third-order valence-electron chi connectivity index (χ3n) is 5.59. The molecule has 3 aliphatic rings. The number of anilines is 1. The molecular formula is C17H19ClN2O6. The van der Waals surface area contributed by atoms with Crippen molar-refractivity contribution in [2.24, 2.45) is 0 Å². The highest BCUT2D eigenvalue weighted by Crippen LogP contribution is 2.44. The van der Waals surface area contributed by atoms with Crippen molar-refractivity contribution in [3.8, 4) is 0 Å². The number of aliphatic hydroxyl groups excluding tert-OH is 3. The fourth-order valence-corrected chi connectivity index (χ4v) is 4.38. The average molecular weight is 383 g/mol. The number of amides is 2. The minimum atomic E-state index is -1.31. The van der Waals surface area contributed by atoms with Gasteiger partial charge in [-0.15, -0.1) is 0 Å². The van der Waals surface area contributed by atoms with Crippen LogP contribution in [0.25, 0.3) is 0 Å². The van der Waals surface area contributed by atoms with E-state index < -0.39 is 36.6 Å². The van der Waals surface area contributed by atoms with Crippen molar-refractivity contribution in [2.75, 3.05) is 25.1 Å². The van der Waals surface area contributed by atoms with Gasteiger partial charge < -0.3 is 29.9 Å². The van der Waals surface area contributed by atoms with Gasteiger partial charge in [-0.1, -0.05) is 11.6 Å². The number of nitrogens with zero attached hydrogens (tertiary/aromatic N) is 2. The summed E-state index contributed by atoms with van der Waals surface area (Å²) < 4.78 is 5.72. The van der Waals surface area contributed by atoms with Crippen LogP contribution >= 0.6 is 11.6 Å². The normalized spacial score (nSPS) is 36.5. The first-order chi connectivity index (χ1) is 12.3. The Kier molecular flexibility index (Phi) is 4.01. The molecule has 0 bridgehead atoms. The van der Waals surface area contributed by atoms with Crippen molar-refractivity contribution < 1.29 is 29.6 Å². The summed E-state index contributed by atoms with van der Waals surface area (Å²) in [5, 5.41) is 30.3. The number of fused-ring (bicyclic) bond motifs is 2. The molecule has 1 spiro atoms. The van der Waals surface area contributed by atoms with E-state index >= 15 is 0 Å². The lowest BCUT2D eigenvalue weighted by atomic mass is 9.91. The van der Waals surface area contributed by atoms with Crippen molar-refractivity contribution in [1.82, 2.24) is 4.90 Å². The summed E-state index contributed by atoms with van der Waals surface area (Å²) >= 11 is 6.02. The zero-order valence-corrected chi connectivity index (χ0v) is 14.8. The van der Waals surface area contributed by atoms with Gasteiger partial charge in [0.25, 0.3) is 5.91 Å². The molecule has 26 heavy (non-hydrogen) atoms. The number of halogens is 1. The van der Waals surface area contributed by atoms with Crippen LogP contribution in [0, 0.1) is 0 Å². The van der Waals surface area contributed by atoms with Gasteiger partial charge in [0.05, 0.1) is 24.4 Å². The molecule has 2 saturated heterocycles. The SMILES string of the molecule is CN1C(=O)[C@H]2C[C@@]3(CN2C(=O)c2cc(Cl)ccc21)O[C@H](CO)[C@@H](O)[C@@H]3O. The zero-order chi connectivity index (χ0) is 18.8. The molecule has 0 saturated carbocycles. The number of rotatable bonds is 1. The minimum absolute atomic E-state index is 0.0400. The number of aliphatic hydroxyl groups is 3. The van der Waals surface area contributed by atoms with Crippen molar-refractivity contribution >= 4 is 29.1 Å². The second kappa shape index (κ2) is 5.90. The van der Waals surface area contributed by atoms with Crippen LogP contribution in [0.3, 0.4) is 0 Å². The fourth-order valence-electron chi connectivity index (χ4n) is 4.20. The number of carbonyl (C=O) groups is 2. The van der Waals surface area contributed by atoms with E-state index in [4.69, 9.17) is 16.3 Å². The highest BCUT2D eigenvalue weighted by atomic mass is 35.5. The molecule has 3 N–H and O–H groups in total. The molecule has 3 heterocycles. The van der Waals surface area contributed by atoms with Crippen molar-refractivity contribution in [3.63, 3.8) is 0 Å². The Morgan fingerprint density at radius 3 is 2.73 bits per heavy atom. The van der Waals surface area contributed by atoms with Gasteiger partial charge >= 0.3 is 0 Å². The van der Waals surface area contributed by atoms with Crippen molar-refractivity contribution in [3.05, 3.63) is 28.8 Å². The largest absolute Gasteiger partial charge is 0.394 e. The van der Waals surface area contributed by atoms with E-state index in [1.165, 1.54) is 15.9 Å². The highest BCUT2D eigenvalue weighted by Gasteiger charge is 2.62. The Hall–Kier alpha value is -1.71.